The minimum atomic E-state index is -2.42. The molecule has 3 heteroatoms. The first kappa shape index (κ1) is 49.5. The summed E-state index contributed by atoms with van der Waals surface area (Å²) in [6.07, 6.45) is 4.40. The molecule has 0 radical (unpaired) electrons. The lowest BCUT2D eigenvalue weighted by Gasteiger charge is -2.48. The Kier molecular flexibility index (Phi) is 11.2. The van der Waals surface area contributed by atoms with E-state index in [0.29, 0.717) is 5.56 Å². The van der Waals surface area contributed by atoms with E-state index in [2.05, 4.69) is 266 Å². The molecule has 0 fully saturated rings. The first-order chi connectivity index (χ1) is 38.3. The predicted molar refractivity (Wildman–Crippen MR) is 343 cm³/mol. The highest BCUT2D eigenvalue weighted by molar-refractivity contribution is 7.00. The van der Waals surface area contributed by atoms with Crippen molar-refractivity contribution >= 4 is 57.2 Å². The van der Waals surface area contributed by atoms with Crippen LogP contribution in [0.3, 0.4) is 0 Å². The number of anilines is 6. The summed E-state index contributed by atoms with van der Waals surface area (Å²) < 4.78 is 28.2. The summed E-state index contributed by atoms with van der Waals surface area (Å²) in [5, 5.41) is 0. The lowest BCUT2D eigenvalue weighted by molar-refractivity contribution is 0.332. The number of hydrogen-bond acceptors (Lipinski definition) is 2. The molecule has 0 atom stereocenters. The van der Waals surface area contributed by atoms with E-state index >= 15 is 0 Å². The molecule has 2 nitrogen and oxygen atoms in total. The molecule has 2 heterocycles. The summed E-state index contributed by atoms with van der Waals surface area (Å²) in [5.41, 5.74) is 24.6. The minimum Gasteiger partial charge on any atom is -0.311 e. The predicted octanol–water partition coefficient (Wildman–Crippen LogP) is 19.0. The van der Waals surface area contributed by atoms with E-state index in [1.54, 1.807) is 0 Å². The second-order valence-electron chi connectivity index (χ2n) is 29.4. The largest absolute Gasteiger partial charge is 0.311 e. The first-order valence-corrected chi connectivity index (χ1v) is 29.4. The third kappa shape index (κ3) is 8.74. The lowest BCUT2D eigenvalue weighted by atomic mass is 9.33. The molecule has 0 spiro atoms. The fourth-order valence-electron chi connectivity index (χ4n) is 14.1. The van der Waals surface area contributed by atoms with Crippen LogP contribution < -0.4 is 26.2 Å². The second-order valence-corrected chi connectivity index (χ2v) is 29.4. The maximum absolute atomic E-state index is 9.42. The Labute approximate surface area is 480 Å². The molecule has 0 saturated carbocycles. The van der Waals surface area contributed by atoms with Gasteiger partial charge in [-0.05, 0) is 197 Å². The standard InChI is InChI=1S/C76H85BN2/c1-48-41-67-69-68(42-48)79(64-36-32-54(71(5,6)7)43-57(64)51-25-23-49(24-26-51)50-27-29-52(30-28-50)70(2,3)4)65-44-55(76(16,17)53-21-19-18-20-22-53)31-35-62(65)77(69)63-46-60-61(75(14,15)40-39-74(60,12)13)47-66(63)78(67)56-33-34-58-59(45-56)73(10,11)38-37-72(58,8)9/h18-36,41-47H,37-40H2,1-17H3/i1D3. The third-order valence-corrected chi connectivity index (χ3v) is 19.7. The quantitative estimate of drug-likeness (QED) is 0.153. The van der Waals surface area contributed by atoms with Gasteiger partial charge in [0.2, 0.25) is 0 Å². The van der Waals surface area contributed by atoms with Crippen LogP contribution in [-0.4, -0.2) is 6.71 Å². The van der Waals surface area contributed by atoms with Crippen molar-refractivity contribution < 1.29 is 4.11 Å². The van der Waals surface area contributed by atoms with Crippen LogP contribution in [0.15, 0.2) is 158 Å². The van der Waals surface area contributed by atoms with Crippen LogP contribution >= 0.6 is 0 Å². The highest BCUT2D eigenvalue weighted by atomic mass is 15.2. The van der Waals surface area contributed by atoms with E-state index in [4.69, 9.17) is 0 Å². The van der Waals surface area contributed by atoms with Crippen molar-refractivity contribution in [3.05, 3.63) is 208 Å². The molecule has 0 amide bonds. The van der Waals surface area contributed by atoms with Gasteiger partial charge in [0.15, 0.2) is 0 Å². The highest BCUT2D eigenvalue weighted by Crippen LogP contribution is 2.54. The van der Waals surface area contributed by atoms with Crippen LogP contribution in [0.2, 0.25) is 0 Å². The summed E-state index contributed by atoms with van der Waals surface area (Å²) in [6, 6.07) is 59.7. The Morgan fingerprint density at radius 3 is 1.49 bits per heavy atom. The zero-order chi connectivity index (χ0) is 58.6. The summed E-state index contributed by atoms with van der Waals surface area (Å²) >= 11 is 0. The van der Waals surface area contributed by atoms with Crippen LogP contribution in [0.5, 0.6) is 0 Å². The SMILES string of the molecule is [2H]C([2H])([2H])c1cc2c3c(c1)N(c1ccc(C(C)(C)C)cc1-c1ccc(-c4ccc(C(C)(C)C)cc4)cc1)c1cc(C(C)(C)c4ccccc4)ccc1B3c1cc3c(cc1N2c1ccc2c(c1)C(C)(C)CCC2(C)C)C(C)(C)CCC3(C)C. The lowest BCUT2D eigenvalue weighted by Crippen LogP contribution is -2.62. The molecule has 8 aromatic carbocycles. The average Bonchev–Trinajstić information content (AvgIpc) is 1.37. The molecule has 8 aromatic rings. The van der Waals surface area contributed by atoms with Gasteiger partial charge in [-0.3, -0.25) is 0 Å². The molecule has 2 aliphatic heterocycles. The molecule has 12 rings (SSSR count). The van der Waals surface area contributed by atoms with Gasteiger partial charge in [-0.2, -0.15) is 0 Å². The van der Waals surface area contributed by atoms with E-state index in [-0.39, 0.29) is 44.6 Å². The van der Waals surface area contributed by atoms with E-state index in [9.17, 15) is 4.11 Å². The van der Waals surface area contributed by atoms with Crippen molar-refractivity contribution in [1.82, 2.24) is 0 Å². The molecule has 0 N–H and O–H groups in total. The topological polar surface area (TPSA) is 6.48 Å². The van der Waals surface area contributed by atoms with Crippen LogP contribution in [0.1, 0.15) is 191 Å². The van der Waals surface area contributed by atoms with E-state index < -0.39 is 6.85 Å². The summed E-state index contributed by atoms with van der Waals surface area (Å²) in [4.78, 5) is 4.96. The van der Waals surface area contributed by atoms with Gasteiger partial charge in [-0.25, -0.2) is 0 Å². The van der Waals surface area contributed by atoms with Crippen molar-refractivity contribution in [1.29, 1.82) is 0 Å². The highest BCUT2D eigenvalue weighted by Gasteiger charge is 2.48. The van der Waals surface area contributed by atoms with Gasteiger partial charge in [0.1, 0.15) is 0 Å². The average molecular weight is 1040 g/mol. The number of hydrogen-bond donors (Lipinski definition) is 0. The molecule has 4 aliphatic rings. The molecular formula is C76H85BN2. The zero-order valence-electron chi connectivity index (χ0n) is 53.3. The number of benzene rings is 8. The summed E-state index contributed by atoms with van der Waals surface area (Å²) in [6.45, 7) is 35.1. The molecule has 402 valence electrons. The van der Waals surface area contributed by atoms with Crippen LogP contribution in [0.4, 0.5) is 34.1 Å². The molecule has 0 aromatic heterocycles. The Hall–Kier alpha value is -6.58. The molecular weight excluding hydrogens is 952 g/mol. The molecule has 0 unspecified atom stereocenters. The molecule has 79 heavy (non-hydrogen) atoms. The maximum atomic E-state index is 9.42. The third-order valence-electron chi connectivity index (χ3n) is 19.7. The number of rotatable bonds is 6. The van der Waals surface area contributed by atoms with E-state index in [1.807, 2.05) is 12.1 Å². The Balaban J connectivity index is 1.18. The molecule has 0 bridgehead atoms. The van der Waals surface area contributed by atoms with Crippen LogP contribution in [0.25, 0.3) is 22.3 Å². The Bertz CT molecular complexity index is 3840. The molecule has 0 saturated heterocycles. The van der Waals surface area contributed by atoms with Gasteiger partial charge < -0.3 is 9.80 Å². The van der Waals surface area contributed by atoms with Crippen LogP contribution in [-0.2, 0) is 37.9 Å². The smallest absolute Gasteiger partial charge is 0.252 e. The van der Waals surface area contributed by atoms with Gasteiger partial charge in [0.25, 0.3) is 6.71 Å². The number of nitrogens with zero attached hydrogens (tertiary/aromatic N) is 2. The van der Waals surface area contributed by atoms with Crippen LogP contribution in [0, 0.1) is 6.85 Å². The van der Waals surface area contributed by atoms with Gasteiger partial charge in [0, 0.05) is 43.5 Å². The van der Waals surface area contributed by atoms with Gasteiger partial charge >= 0.3 is 0 Å². The maximum Gasteiger partial charge on any atom is 0.252 e. The van der Waals surface area contributed by atoms with Crippen molar-refractivity contribution in [3.8, 4) is 22.3 Å². The van der Waals surface area contributed by atoms with Gasteiger partial charge in [0.05, 0.1) is 5.69 Å². The fourth-order valence-corrected chi connectivity index (χ4v) is 14.1. The summed E-state index contributed by atoms with van der Waals surface area (Å²) in [7, 11) is 0. The van der Waals surface area contributed by atoms with Gasteiger partial charge in [-0.1, -0.05) is 220 Å². The Morgan fingerprint density at radius 1 is 0.392 bits per heavy atom. The first-order valence-electron chi connectivity index (χ1n) is 30.9. The number of aryl methyl sites for hydroxylation is 1. The Morgan fingerprint density at radius 2 is 0.899 bits per heavy atom. The van der Waals surface area contributed by atoms with Crippen molar-refractivity contribution in [2.45, 2.75) is 181 Å². The normalized spacial score (nSPS) is 18.3. The van der Waals surface area contributed by atoms with E-state index in [1.165, 1.54) is 61.0 Å². The minimum absolute atomic E-state index is 0.0275. The second kappa shape index (κ2) is 18.0. The summed E-state index contributed by atoms with van der Waals surface area (Å²) in [5.74, 6) is 0. The monoisotopic (exact) mass is 1040 g/mol. The van der Waals surface area contributed by atoms with E-state index in [0.717, 1.165) is 82.0 Å². The van der Waals surface area contributed by atoms with Gasteiger partial charge in [-0.15, -0.1) is 0 Å². The number of fused-ring (bicyclic) bond motifs is 6. The van der Waals surface area contributed by atoms with Crippen molar-refractivity contribution in [2.24, 2.45) is 0 Å². The van der Waals surface area contributed by atoms with Crippen molar-refractivity contribution in [2.75, 3.05) is 9.80 Å². The van der Waals surface area contributed by atoms with Crippen molar-refractivity contribution in [3.63, 3.8) is 0 Å². The fraction of sp³-hybridized carbons (Fsp3) is 0.368. The molecule has 2 aliphatic carbocycles. The zero-order valence-corrected chi connectivity index (χ0v) is 50.3.